The van der Waals surface area contributed by atoms with Crippen LogP contribution in [0.2, 0.25) is 0 Å². The Balaban J connectivity index is 0.00000361. The smallest absolute Gasteiger partial charge is 0.550 e. The van der Waals surface area contributed by atoms with E-state index >= 15 is 0 Å². The third-order valence-corrected chi connectivity index (χ3v) is 7.00. The van der Waals surface area contributed by atoms with Gasteiger partial charge in [-0.15, -0.1) is 0 Å². The Hall–Kier alpha value is -2.02. The largest absolute Gasteiger partial charge is 1.00 e. The van der Waals surface area contributed by atoms with Gasteiger partial charge in [-0.25, -0.2) is 0 Å². The second kappa shape index (κ2) is 14.9. The molecule has 3 rings (SSSR count). The van der Waals surface area contributed by atoms with Gasteiger partial charge in [-0.05, 0) is 23.1 Å². The number of benzene rings is 3. The fourth-order valence-electron chi connectivity index (χ4n) is 4.17. The van der Waals surface area contributed by atoms with Gasteiger partial charge in [0.15, 0.2) is 5.25 Å². The van der Waals surface area contributed by atoms with E-state index < -0.39 is 57.6 Å². The molecule has 3 aromatic carbocycles. The molecule has 0 aliphatic rings. The number of carboxylic acid groups (broad SMARTS) is 2. The average Bonchev–Trinajstić information content (AvgIpc) is 2.85. The molecule has 0 saturated heterocycles. The molecule has 2 atom stereocenters. The minimum absolute atomic E-state index is 0. The number of esters is 1. The molecule has 0 fully saturated rings. The molecule has 0 amide bonds. The van der Waals surface area contributed by atoms with Crippen molar-refractivity contribution in [1.29, 1.82) is 0 Å². The van der Waals surface area contributed by atoms with E-state index in [0.29, 0.717) is 16.7 Å². The number of carboxylic acids is 2. The summed E-state index contributed by atoms with van der Waals surface area (Å²) in [6.07, 6.45) is -1.39. The summed E-state index contributed by atoms with van der Waals surface area (Å²) in [4.78, 5) is 35.5. The molecule has 3 aromatic rings. The van der Waals surface area contributed by atoms with E-state index in [1.54, 1.807) is 91.0 Å². The molecule has 0 saturated carbocycles. The quantitative estimate of drug-likeness (QED) is 0.105. The maximum atomic E-state index is 13.0. The molecule has 0 heterocycles. The van der Waals surface area contributed by atoms with Crippen molar-refractivity contribution in [3.05, 3.63) is 108 Å². The monoisotopic (exact) mass is 556 g/mol. The van der Waals surface area contributed by atoms with Crippen molar-refractivity contribution in [2.24, 2.45) is 5.92 Å². The van der Waals surface area contributed by atoms with Gasteiger partial charge in [0.2, 0.25) is 0 Å². The molecule has 9 nitrogen and oxygen atoms in total. The third-order valence-electron chi connectivity index (χ3n) is 5.84. The second-order valence-corrected chi connectivity index (χ2v) is 9.59. The summed E-state index contributed by atoms with van der Waals surface area (Å²) in [5.74, 6) is -8.19. The molecule has 1 N–H and O–H groups in total. The van der Waals surface area contributed by atoms with Crippen molar-refractivity contribution >= 4 is 28.0 Å². The zero-order valence-electron chi connectivity index (χ0n) is 20.9. The number of ether oxygens (including phenoxy) is 1. The van der Waals surface area contributed by atoms with Crippen LogP contribution < -0.4 is 69.3 Å². The Bertz CT molecular complexity index is 1220. The summed E-state index contributed by atoms with van der Waals surface area (Å²) in [7, 11) is -5.40. The van der Waals surface area contributed by atoms with E-state index in [0.717, 1.165) is 0 Å². The fraction of sp³-hybridized carbons (Fsp3) is 0.192. The minimum Gasteiger partial charge on any atom is -0.550 e. The van der Waals surface area contributed by atoms with Crippen LogP contribution in [-0.4, -0.2) is 42.7 Å². The van der Waals surface area contributed by atoms with E-state index in [9.17, 15) is 37.6 Å². The third kappa shape index (κ3) is 8.00. The van der Waals surface area contributed by atoms with E-state index in [2.05, 4.69) is 0 Å². The Morgan fingerprint density at radius 2 is 1.13 bits per heavy atom. The van der Waals surface area contributed by atoms with Crippen LogP contribution in [0.25, 0.3) is 0 Å². The molecule has 0 radical (unpaired) electrons. The van der Waals surface area contributed by atoms with Crippen molar-refractivity contribution in [3.8, 4) is 0 Å². The minimum atomic E-state index is -5.40. The zero-order valence-corrected chi connectivity index (χ0v) is 25.7. The molecule has 188 valence electrons. The van der Waals surface area contributed by atoms with Crippen molar-refractivity contribution in [2.75, 3.05) is 6.61 Å². The Morgan fingerprint density at radius 1 is 0.763 bits per heavy atom. The molecule has 0 aliphatic heterocycles. The molecule has 38 heavy (non-hydrogen) atoms. The molecular weight excluding hydrogens is 534 g/mol. The number of carbonyl (C=O) groups is 3. The molecule has 0 spiro atoms. The second-order valence-electron chi connectivity index (χ2n) is 8.05. The summed E-state index contributed by atoms with van der Waals surface area (Å²) in [6.45, 7) is -0.499. The molecule has 0 bridgehead atoms. The molecule has 2 unspecified atom stereocenters. The van der Waals surface area contributed by atoms with Crippen molar-refractivity contribution in [3.63, 3.8) is 0 Å². The van der Waals surface area contributed by atoms with Crippen molar-refractivity contribution in [2.45, 2.75) is 17.1 Å². The van der Waals surface area contributed by atoms with E-state index in [1.807, 2.05) is 0 Å². The van der Waals surface area contributed by atoms with Crippen molar-refractivity contribution < 1.29 is 101 Å². The summed E-state index contributed by atoms with van der Waals surface area (Å²) >= 11 is 0. The Kier molecular flexibility index (Phi) is 13.4. The van der Waals surface area contributed by atoms with Gasteiger partial charge in [0, 0.05) is 17.9 Å². The van der Waals surface area contributed by atoms with Gasteiger partial charge in [-0.2, -0.15) is 8.42 Å². The normalized spacial score (nSPS) is 12.7. The molecular formula is C26H22Na2O9S. The van der Waals surface area contributed by atoms with Gasteiger partial charge < -0.3 is 24.5 Å². The maximum absolute atomic E-state index is 13.0. The first-order valence-electron chi connectivity index (χ1n) is 10.8. The standard InChI is InChI=1S/C26H24O9S.2Na/c27-22(28)16-21(24(29)30)23(36(32,33)34)25(31)35-17-26(18-10-4-1-5-11-18,19-12-6-2-7-13-19)20-14-8-3-9-15-20;;/h1-15,21,23H,16-17H2,(H,27,28)(H,29,30)(H,32,33,34);;/q;2*+1/p-2. The van der Waals surface area contributed by atoms with Crippen LogP contribution >= 0.6 is 0 Å². The molecule has 12 heteroatoms. The summed E-state index contributed by atoms with van der Waals surface area (Å²) in [5, 5.41) is 19.8. The first-order chi connectivity index (χ1) is 17.1. The fourth-order valence-corrected chi connectivity index (χ4v) is 5.10. The van der Waals surface area contributed by atoms with Gasteiger partial charge >= 0.3 is 65.1 Å². The first-order valence-corrected chi connectivity index (χ1v) is 12.3. The topological polar surface area (TPSA) is 161 Å². The van der Waals surface area contributed by atoms with E-state index in [1.165, 1.54) is 0 Å². The van der Waals surface area contributed by atoms with Crippen LogP contribution in [0.5, 0.6) is 0 Å². The molecule has 0 aromatic heterocycles. The van der Waals surface area contributed by atoms with Gasteiger partial charge in [-0.3, -0.25) is 9.35 Å². The van der Waals surface area contributed by atoms with Crippen LogP contribution in [-0.2, 0) is 34.7 Å². The average molecular weight is 557 g/mol. The van der Waals surface area contributed by atoms with Gasteiger partial charge in [-0.1, -0.05) is 91.0 Å². The first kappa shape index (κ1) is 34.0. The number of aliphatic carboxylic acids is 2. The van der Waals surface area contributed by atoms with Crippen LogP contribution in [0.1, 0.15) is 23.1 Å². The van der Waals surface area contributed by atoms with Crippen LogP contribution in [0.3, 0.4) is 0 Å². The van der Waals surface area contributed by atoms with E-state index in [4.69, 9.17) is 4.74 Å². The number of hydrogen-bond acceptors (Lipinski definition) is 8. The SMILES string of the molecule is O=C([O-])CC(C(=O)[O-])C(C(=O)OCC(c1ccccc1)(c1ccccc1)c1ccccc1)S(=O)(=O)O.[Na+].[Na+]. The van der Waals surface area contributed by atoms with E-state index in [-0.39, 0.29) is 59.1 Å². The number of rotatable bonds is 11. The predicted octanol–water partition coefficient (Wildman–Crippen LogP) is -5.67. The number of carbonyl (C=O) groups excluding carboxylic acids is 3. The number of hydrogen-bond donors (Lipinski definition) is 1. The summed E-state index contributed by atoms with van der Waals surface area (Å²) < 4.78 is 39.0. The zero-order chi connectivity index (χ0) is 26.3. The Labute approximate surface area is 264 Å². The predicted molar refractivity (Wildman–Crippen MR) is 124 cm³/mol. The van der Waals surface area contributed by atoms with Crippen molar-refractivity contribution in [1.82, 2.24) is 0 Å². The van der Waals surface area contributed by atoms with Crippen LogP contribution in [0.15, 0.2) is 91.0 Å². The van der Waals surface area contributed by atoms with Crippen LogP contribution in [0.4, 0.5) is 0 Å². The summed E-state index contributed by atoms with van der Waals surface area (Å²) in [5.41, 5.74) is 0.841. The van der Waals surface area contributed by atoms with Gasteiger partial charge in [0.1, 0.15) is 6.61 Å². The Morgan fingerprint density at radius 3 is 1.42 bits per heavy atom. The van der Waals surface area contributed by atoms with Gasteiger partial charge in [0.05, 0.1) is 5.41 Å². The van der Waals surface area contributed by atoms with Crippen LogP contribution in [0, 0.1) is 5.92 Å². The van der Waals surface area contributed by atoms with Gasteiger partial charge in [0.25, 0.3) is 10.1 Å². The maximum Gasteiger partial charge on any atom is 1.00 e. The molecule has 0 aliphatic carbocycles. The summed E-state index contributed by atoms with van der Waals surface area (Å²) in [6, 6.07) is 26.7.